The predicted molar refractivity (Wildman–Crippen MR) is 96.2 cm³/mol. The Hall–Kier alpha value is -2.73. The first-order chi connectivity index (χ1) is 12.6. The van der Waals surface area contributed by atoms with Gasteiger partial charge in [-0.3, -0.25) is 4.79 Å². The Morgan fingerprint density at radius 1 is 1.15 bits per heavy atom. The highest BCUT2D eigenvalue weighted by Crippen LogP contribution is 2.26. The Balaban J connectivity index is 1.79. The molecule has 0 fully saturated rings. The molecule has 0 spiro atoms. The zero-order valence-electron chi connectivity index (χ0n) is 14.2. The first kappa shape index (κ1) is 18.1. The lowest BCUT2D eigenvalue weighted by atomic mass is 10.2. The van der Waals surface area contributed by atoms with Crippen LogP contribution in [0.4, 0.5) is 4.39 Å². The summed E-state index contributed by atoms with van der Waals surface area (Å²) < 4.78 is 18.7. The number of benzene rings is 2. The number of rotatable bonds is 6. The van der Waals surface area contributed by atoms with Crippen molar-refractivity contribution in [2.24, 2.45) is 0 Å². The van der Waals surface area contributed by atoms with Gasteiger partial charge >= 0.3 is 0 Å². The van der Waals surface area contributed by atoms with Crippen molar-refractivity contribution in [2.75, 3.05) is 6.54 Å². The normalized spacial score (nSPS) is 10.7. The smallest absolute Gasteiger partial charge is 0.254 e. The molecule has 0 unspecified atom stereocenters. The van der Waals surface area contributed by atoms with Crippen LogP contribution in [0, 0.1) is 5.82 Å². The van der Waals surface area contributed by atoms with Crippen molar-refractivity contribution in [1.82, 2.24) is 15.1 Å². The van der Waals surface area contributed by atoms with E-state index in [1.165, 1.54) is 24.3 Å². The Bertz CT molecular complexity index is 896. The molecule has 26 heavy (non-hydrogen) atoms. The van der Waals surface area contributed by atoms with Gasteiger partial charge in [-0.05, 0) is 42.8 Å². The molecule has 0 atom stereocenters. The molecule has 0 saturated heterocycles. The van der Waals surface area contributed by atoms with E-state index < -0.39 is 0 Å². The van der Waals surface area contributed by atoms with Gasteiger partial charge in [0.1, 0.15) is 5.82 Å². The van der Waals surface area contributed by atoms with E-state index in [0.717, 1.165) is 6.42 Å². The summed E-state index contributed by atoms with van der Waals surface area (Å²) in [5.41, 5.74) is 1.05. The number of aromatic nitrogens is 2. The summed E-state index contributed by atoms with van der Waals surface area (Å²) in [5, 5.41) is 8.54. The molecular weight excluding hydrogens is 357 g/mol. The monoisotopic (exact) mass is 373 g/mol. The third-order valence-corrected chi connectivity index (χ3v) is 4.10. The fraction of sp³-hybridized carbons (Fsp3) is 0.211. The molecule has 0 saturated carbocycles. The van der Waals surface area contributed by atoms with Crippen LogP contribution in [0.1, 0.15) is 29.6 Å². The topological polar surface area (TPSA) is 59.2 Å². The number of hydrogen-bond acceptors (Lipinski definition) is 4. The third-order valence-electron chi connectivity index (χ3n) is 3.77. The number of carbonyl (C=O) groups excluding carboxylic acids is 1. The lowest BCUT2D eigenvalue weighted by molar-refractivity contribution is 0.0728. The van der Waals surface area contributed by atoms with E-state index in [9.17, 15) is 9.18 Å². The summed E-state index contributed by atoms with van der Waals surface area (Å²) in [6.45, 7) is 2.65. The summed E-state index contributed by atoms with van der Waals surface area (Å²) >= 11 is 6.14. The molecule has 3 rings (SSSR count). The van der Waals surface area contributed by atoms with Crippen molar-refractivity contribution < 1.29 is 13.6 Å². The van der Waals surface area contributed by atoms with Crippen LogP contribution in [0.5, 0.6) is 0 Å². The second kappa shape index (κ2) is 8.10. The van der Waals surface area contributed by atoms with Crippen LogP contribution in [0.3, 0.4) is 0 Å². The lowest BCUT2D eigenvalue weighted by Gasteiger charge is -2.20. The predicted octanol–water partition coefficient (Wildman–Crippen LogP) is 4.58. The molecule has 0 aliphatic heterocycles. The maximum Gasteiger partial charge on any atom is 0.254 e. The first-order valence-electron chi connectivity index (χ1n) is 8.20. The van der Waals surface area contributed by atoms with Crippen molar-refractivity contribution in [2.45, 2.75) is 19.9 Å². The second-order valence-electron chi connectivity index (χ2n) is 5.71. The minimum absolute atomic E-state index is 0.168. The maximum absolute atomic E-state index is 13.1. The number of halogens is 2. The van der Waals surface area contributed by atoms with Crippen molar-refractivity contribution in [3.8, 4) is 11.5 Å². The van der Waals surface area contributed by atoms with Crippen LogP contribution < -0.4 is 0 Å². The molecule has 0 N–H and O–H groups in total. The van der Waals surface area contributed by atoms with Gasteiger partial charge in [0.05, 0.1) is 17.1 Å². The quantitative estimate of drug-likeness (QED) is 0.634. The van der Waals surface area contributed by atoms with E-state index in [2.05, 4.69) is 10.2 Å². The van der Waals surface area contributed by atoms with E-state index in [1.54, 1.807) is 17.0 Å². The van der Waals surface area contributed by atoms with E-state index >= 15 is 0 Å². The Morgan fingerprint density at radius 2 is 1.88 bits per heavy atom. The fourth-order valence-corrected chi connectivity index (χ4v) is 2.74. The van der Waals surface area contributed by atoms with Gasteiger partial charge in [-0.25, -0.2) is 4.39 Å². The van der Waals surface area contributed by atoms with Crippen LogP contribution in [-0.2, 0) is 6.54 Å². The van der Waals surface area contributed by atoms with Crippen LogP contribution in [0.2, 0.25) is 5.02 Å². The zero-order valence-corrected chi connectivity index (χ0v) is 14.9. The van der Waals surface area contributed by atoms with E-state index in [0.29, 0.717) is 34.5 Å². The largest absolute Gasteiger partial charge is 0.419 e. The second-order valence-corrected chi connectivity index (χ2v) is 6.12. The standard InChI is InChI=1S/C19H17ClFN3O2/c1-2-11-24(19(25)13-7-9-14(21)10-8-13)12-17-22-23-18(26-17)15-5-3-4-6-16(15)20/h3-10H,2,11-12H2,1H3. The molecule has 3 aromatic rings. The van der Waals surface area contributed by atoms with Gasteiger partial charge in [-0.2, -0.15) is 0 Å². The fourth-order valence-electron chi connectivity index (χ4n) is 2.52. The molecule has 0 aliphatic rings. The minimum atomic E-state index is -0.384. The van der Waals surface area contributed by atoms with Gasteiger partial charge in [0.25, 0.3) is 5.91 Å². The van der Waals surface area contributed by atoms with Gasteiger partial charge in [-0.15, -0.1) is 10.2 Å². The summed E-state index contributed by atoms with van der Waals surface area (Å²) in [6.07, 6.45) is 0.762. The Morgan fingerprint density at radius 3 is 2.58 bits per heavy atom. The van der Waals surface area contributed by atoms with Crippen molar-refractivity contribution in [1.29, 1.82) is 0 Å². The summed E-state index contributed by atoms with van der Waals surface area (Å²) in [7, 11) is 0. The summed E-state index contributed by atoms with van der Waals surface area (Å²) in [5.74, 6) is 0.00864. The molecule has 0 radical (unpaired) electrons. The van der Waals surface area contributed by atoms with Crippen LogP contribution in [0.15, 0.2) is 52.9 Å². The minimum Gasteiger partial charge on any atom is -0.419 e. The highest BCUT2D eigenvalue weighted by molar-refractivity contribution is 6.33. The summed E-state index contributed by atoms with van der Waals surface area (Å²) in [6, 6.07) is 12.6. The summed E-state index contributed by atoms with van der Waals surface area (Å²) in [4.78, 5) is 14.3. The van der Waals surface area contributed by atoms with E-state index in [4.69, 9.17) is 16.0 Å². The van der Waals surface area contributed by atoms with Gasteiger partial charge in [0.2, 0.25) is 11.8 Å². The van der Waals surface area contributed by atoms with Crippen LogP contribution in [-0.4, -0.2) is 27.5 Å². The molecule has 7 heteroatoms. The Labute approximate surface area is 155 Å². The van der Waals surface area contributed by atoms with Crippen LogP contribution >= 0.6 is 11.6 Å². The number of nitrogens with zero attached hydrogens (tertiary/aromatic N) is 3. The van der Waals surface area contributed by atoms with Gasteiger partial charge in [0.15, 0.2) is 0 Å². The Kier molecular flexibility index (Phi) is 5.63. The zero-order chi connectivity index (χ0) is 18.5. The number of carbonyl (C=O) groups is 1. The molecule has 134 valence electrons. The van der Waals surface area contributed by atoms with E-state index in [1.807, 2.05) is 19.1 Å². The highest BCUT2D eigenvalue weighted by atomic mass is 35.5. The number of hydrogen-bond donors (Lipinski definition) is 0. The van der Waals surface area contributed by atoms with Crippen molar-refractivity contribution >= 4 is 17.5 Å². The average molecular weight is 374 g/mol. The molecule has 0 aliphatic carbocycles. The molecule has 1 aromatic heterocycles. The third kappa shape index (κ3) is 4.08. The first-order valence-corrected chi connectivity index (χ1v) is 8.58. The average Bonchev–Trinajstić information content (AvgIpc) is 3.10. The van der Waals surface area contributed by atoms with Gasteiger partial charge < -0.3 is 9.32 Å². The molecule has 1 amide bonds. The highest BCUT2D eigenvalue weighted by Gasteiger charge is 2.19. The van der Waals surface area contributed by atoms with Crippen molar-refractivity contribution in [3.63, 3.8) is 0 Å². The number of amides is 1. The van der Waals surface area contributed by atoms with Gasteiger partial charge in [-0.1, -0.05) is 30.7 Å². The van der Waals surface area contributed by atoms with Crippen molar-refractivity contribution in [3.05, 3.63) is 70.8 Å². The van der Waals surface area contributed by atoms with Gasteiger partial charge in [0, 0.05) is 12.1 Å². The molecule has 5 nitrogen and oxygen atoms in total. The maximum atomic E-state index is 13.1. The molecular formula is C19H17ClFN3O2. The SMILES string of the molecule is CCCN(Cc1nnc(-c2ccccc2Cl)o1)C(=O)c1ccc(F)cc1. The van der Waals surface area contributed by atoms with Crippen LogP contribution in [0.25, 0.3) is 11.5 Å². The molecule has 2 aromatic carbocycles. The van der Waals surface area contributed by atoms with E-state index in [-0.39, 0.29) is 18.3 Å². The lowest BCUT2D eigenvalue weighted by Crippen LogP contribution is -2.31. The molecule has 1 heterocycles. The molecule has 0 bridgehead atoms.